The Bertz CT molecular complexity index is 884. The summed E-state index contributed by atoms with van der Waals surface area (Å²) in [6, 6.07) is 12.8. The molecule has 146 valence electrons. The van der Waals surface area contributed by atoms with E-state index in [1.165, 1.54) is 16.4 Å². The monoisotopic (exact) mass is 400 g/mol. The van der Waals surface area contributed by atoms with Gasteiger partial charge in [-0.3, -0.25) is 9.10 Å². The molecule has 1 amide bonds. The number of para-hydroxylation sites is 1. The van der Waals surface area contributed by atoms with Crippen LogP contribution in [0.3, 0.4) is 0 Å². The van der Waals surface area contributed by atoms with E-state index in [2.05, 4.69) is 5.32 Å². The highest BCUT2D eigenvalue weighted by Crippen LogP contribution is 2.30. The second-order valence-corrected chi connectivity index (χ2v) is 7.81. The van der Waals surface area contributed by atoms with Gasteiger partial charge in [0.2, 0.25) is 15.9 Å². The summed E-state index contributed by atoms with van der Waals surface area (Å²) in [5.74, 6) is -0.490. The number of nitrogens with one attached hydrogen (secondary N) is 1. The highest BCUT2D eigenvalue weighted by Gasteiger charge is 2.30. The van der Waals surface area contributed by atoms with Gasteiger partial charge in [-0.05, 0) is 36.8 Å². The van der Waals surface area contributed by atoms with Crippen LogP contribution < -0.4 is 9.62 Å². The first-order chi connectivity index (χ1) is 12.6. The molecule has 9 heteroatoms. The summed E-state index contributed by atoms with van der Waals surface area (Å²) < 4.78 is 63.2. The lowest BCUT2D eigenvalue weighted by Crippen LogP contribution is -2.31. The van der Waals surface area contributed by atoms with Crippen molar-refractivity contribution >= 4 is 27.3 Å². The maximum Gasteiger partial charge on any atom is 0.416 e. The number of carbonyl (C=O) groups is 1. The normalized spacial score (nSPS) is 11.9. The van der Waals surface area contributed by atoms with E-state index in [1.54, 1.807) is 30.3 Å². The Morgan fingerprint density at radius 3 is 2.33 bits per heavy atom. The summed E-state index contributed by atoms with van der Waals surface area (Å²) in [5.41, 5.74) is -0.330. The quantitative estimate of drug-likeness (QED) is 0.767. The van der Waals surface area contributed by atoms with Gasteiger partial charge in [0.25, 0.3) is 0 Å². The summed E-state index contributed by atoms with van der Waals surface area (Å²) in [6.07, 6.45) is -3.24. The summed E-state index contributed by atoms with van der Waals surface area (Å²) in [6.45, 7) is 0.0822. The minimum absolute atomic E-state index is 0.0326. The zero-order chi connectivity index (χ0) is 20.1. The lowest BCUT2D eigenvalue weighted by molar-refractivity contribution is -0.137. The van der Waals surface area contributed by atoms with Gasteiger partial charge in [0.1, 0.15) is 0 Å². The number of nitrogens with zero attached hydrogens (tertiary/aromatic N) is 1. The summed E-state index contributed by atoms with van der Waals surface area (Å²) >= 11 is 0. The van der Waals surface area contributed by atoms with Gasteiger partial charge in [-0.25, -0.2) is 8.42 Å². The van der Waals surface area contributed by atoms with Crippen LogP contribution in [0.1, 0.15) is 18.4 Å². The Kier molecular flexibility index (Phi) is 6.48. The lowest BCUT2D eigenvalue weighted by Gasteiger charge is -2.22. The first-order valence-electron chi connectivity index (χ1n) is 8.07. The molecule has 0 radical (unpaired) electrons. The number of hydrogen-bond acceptors (Lipinski definition) is 3. The molecule has 0 fully saturated rings. The Hall–Kier alpha value is -2.55. The molecule has 0 aliphatic carbocycles. The van der Waals surface area contributed by atoms with Gasteiger partial charge in [-0.2, -0.15) is 13.2 Å². The fourth-order valence-electron chi connectivity index (χ4n) is 2.46. The Morgan fingerprint density at radius 2 is 1.74 bits per heavy atom. The number of amides is 1. The molecule has 2 rings (SSSR count). The van der Waals surface area contributed by atoms with Gasteiger partial charge in [-0.15, -0.1) is 0 Å². The van der Waals surface area contributed by atoms with Crippen molar-refractivity contribution in [2.24, 2.45) is 0 Å². The SMILES string of the molecule is CS(=O)(=O)N(CCCC(=O)Nc1cccc(C(F)(F)F)c1)c1ccccc1. The number of hydrogen-bond donors (Lipinski definition) is 1. The first kappa shape index (κ1) is 20.8. The standard InChI is InChI=1S/C18H19F3N2O3S/c1-27(25,26)23(16-9-3-2-4-10-16)12-6-11-17(24)22-15-8-5-7-14(13-15)18(19,20)21/h2-5,7-10,13H,6,11-12H2,1H3,(H,22,24). The third kappa shape index (κ3) is 6.28. The van der Waals surface area contributed by atoms with Crippen molar-refractivity contribution < 1.29 is 26.4 Å². The van der Waals surface area contributed by atoms with Crippen molar-refractivity contribution in [2.45, 2.75) is 19.0 Å². The van der Waals surface area contributed by atoms with Crippen LogP contribution in [0.5, 0.6) is 0 Å². The minimum Gasteiger partial charge on any atom is -0.326 e. The summed E-state index contributed by atoms with van der Waals surface area (Å²) in [7, 11) is -3.52. The maximum atomic E-state index is 12.7. The molecule has 1 N–H and O–H groups in total. The lowest BCUT2D eigenvalue weighted by atomic mass is 10.2. The first-order valence-corrected chi connectivity index (χ1v) is 9.92. The average Bonchev–Trinajstić information content (AvgIpc) is 2.58. The average molecular weight is 400 g/mol. The van der Waals surface area contributed by atoms with E-state index < -0.39 is 27.7 Å². The van der Waals surface area contributed by atoms with Crippen molar-refractivity contribution in [2.75, 3.05) is 22.4 Å². The second-order valence-electron chi connectivity index (χ2n) is 5.90. The topological polar surface area (TPSA) is 66.5 Å². The number of sulfonamides is 1. The highest BCUT2D eigenvalue weighted by atomic mass is 32.2. The van der Waals surface area contributed by atoms with Crippen molar-refractivity contribution in [3.05, 3.63) is 60.2 Å². The molecule has 0 saturated carbocycles. The summed E-state index contributed by atoms with van der Waals surface area (Å²) in [4.78, 5) is 12.0. The van der Waals surface area contributed by atoms with Crippen molar-refractivity contribution in [1.29, 1.82) is 0 Å². The molecule has 2 aromatic carbocycles. The van der Waals surface area contributed by atoms with Crippen molar-refractivity contribution in [3.63, 3.8) is 0 Å². The fraction of sp³-hybridized carbons (Fsp3) is 0.278. The zero-order valence-electron chi connectivity index (χ0n) is 14.5. The number of benzene rings is 2. The highest BCUT2D eigenvalue weighted by molar-refractivity contribution is 7.92. The number of alkyl halides is 3. The Labute approximate surface area is 155 Å². The van der Waals surface area contributed by atoms with E-state index in [9.17, 15) is 26.4 Å². The van der Waals surface area contributed by atoms with Gasteiger partial charge >= 0.3 is 6.18 Å². The molecule has 0 spiro atoms. The Morgan fingerprint density at radius 1 is 1.07 bits per heavy atom. The Balaban J connectivity index is 1.95. The van der Waals surface area contributed by atoms with Crippen LogP contribution in [0.15, 0.2) is 54.6 Å². The minimum atomic E-state index is -4.49. The zero-order valence-corrected chi connectivity index (χ0v) is 15.3. The molecule has 0 saturated heterocycles. The number of halogens is 3. The predicted molar refractivity (Wildman–Crippen MR) is 97.9 cm³/mol. The van der Waals surface area contributed by atoms with Crippen molar-refractivity contribution in [3.8, 4) is 0 Å². The van der Waals surface area contributed by atoms with Gasteiger partial charge in [0, 0.05) is 18.7 Å². The largest absolute Gasteiger partial charge is 0.416 e. The molecule has 0 unspecified atom stereocenters. The van der Waals surface area contributed by atoms with Crippen LogP contribution in [0.4, 0.5) is 24.5 Å². The summed E-state index contributed by atoms with van der Waals surface area (Å²) in [5, 5.41) is 2.40. The number of rotatable bonds is 7. The van der Waals surface area contributed by atoms with Crippen LogP contribution in [-0.2, 0) is 21.0 Å². The van der Waals surface area contributed by atoms with Crippen LogP contribution in [-0.4, -0.2) is 27.1 Å². The molecule has 0 aromatic heterocycles. The van der Waals surface area contributed by atoms with Gasteiger partial charge in [0.15, 0.2) is 0 Å². The maximum absolute atomic E-state index is 12.7. The van der Waals surface area contributed by atoms with E-state index in [0.29, 0.717) is 5.69 Å². The third-order valence-electron chi connectivity index (χ3n) is 3.68. The number of carbonyl (C=O) groups excluding carboxylic acids is 1. The molecular formula is C18H19F3N2O3S. The molecule has 5 nitrogen and oxygen atoms in total. The molecule has 0 bridgehead atoms. The van der Waals surface area contributed by atoms with Gasteiger partial charge < -0.3 is 5.32 Å². The smallest absolute Gasteiger partial charge is 0.326 e. The third-order valence-corrected chi connectivity index (χ3v) is 4.88. The van der Waals surface area contributed by atoms with Crippen LogP contribution in [0, 0.1) is 0 Å². The number of anilines is 2. The molecule has 2 aromatic rings. The molecule has 0 aliphatic rings. The molecule has 0 aliphatic heterocycles. The van der Waals surface area contributed by atoms with E-state index in [1.807, 2.05) is 0 Å². The predicted octanol–water partition coefficient (Wildman–Crippen LogP) is 3.89. The molecule has 27 heavy (non-hydrogen) atoms. The van der Waals surface area contributed by atoms with E-state index >= 15 is 0 Å². The van der Waals surface area contributed by atoms with Crippen LogP contribution in [0.2, 0.25) is 0 Å². The van der Waals surface area contributed by atoms with E-state index in [0.717, 1.165) is 18.4 Å². The molecular weight excluding hydrogens is 381 g/mol. The molecule has 0 atom stereocenters. The van der Waals surface area contributed by atoms with Gasteiger partial charge in [0.05, 0.1) is 17.5 Å². The van der Waals surface area contributed by atoms with Crippen LogP contribution >= 0.6 is 0 Å². The van der Waals surface area contributed by atoms with E-state index in [4.69, 9.17) is 0 Å². The van der Waals surface area contributed by atoms with E-state index in [-0.39, 0.29) is 25.1 Å². The fourth-order valence-corrected chi connectivity index (χ4v) is 3.43. The molecule has 0 heterocycles. The van der Waals surface area contributed by atoms with Crippen molar-refractivity contribution in [1.82, 2.24) is 0 Å². The van der Waals surface area contributed by atoms with Crippen LogP contribution in [0.25, 0.3) is 0 Å². The second kappa shape index (κ2) is 8.43. The van der Waals surface area contributed by atoms with Gasteiger partial charge in [-0.1, -0.05) is 24.3 Å².